The topological polar surface area (TPSA) is 78.5 Å². The molecule has 7 heteroatoms. The van der Waals surface area contributed by atoms with E-state index in [1.54, 1.807) is 24.3 Å². The van der Waals surface area contributed by atoms with Gasteiger partial charge < -0.3 is 10.6 Å². The van der Waals surface area contributed by atoms with E-state index in [2.05, 4.69) is 38.3 Å². The second-order valence-corrected chi connectivity index (χ2v) is 11.5. The number of benzene rings is 1. The van der Waals surface area contributed by atoms with E-state index in [0.29, 0.717) is 19.4 Å². The van der Waals surface area contributed by atoms with Gasteiger partial charge in [-0.1, -0.05) is 17.7 Å². The van der Waals surface area contributed by atoms with Crippen molar-refractivity contribution < 1.29 is 13.2 Å². The Morgan fingerprint density at radius 1 is 1.11 bits per heavy atom. The van der Waals surface area contributed by atoms with Crippen LogP contribution in [0.1, 0.15) is 58.9 Å². The summed E-state index contributed by atoms with van der Waals surface area (Å²) in [6.45, 7) is 10.9. The van der Waals surface area contributed by atoms with Crippen LogP contribution in [0.5, 0.6) is 0 Å². The lowest BCUT2D eigenvalue weighted by molar-refractivity contribution is -0.125. The molecule has 2 saturated heterocycles. The number of hydrogen-bond acceptors (Lipinski definition) is 4. The third kappa shape index (κ3) is 4.58. The van der Waals surface area contributed by atoms with Gasteiger partial charge in [-0.05, 0) is 72.4 Å². The molecule has 2 heterocycles. The van der Waals surface area contributed by atoms with E-state index in [4.69, 9.17) is 0 Å². The smallest absolute Gasteiger partial charge is 0.243 e. The minimum atomic E-state index is -3.68. The van der Waals surface area contributed by atoms with Gasteiger partial charge in [0.15, 0.2) is 0 Å². The highest BCUT2D eigenvalue weighted by Crippen LogP contribution is 2.30. The number of amides is 1. The van der Waals surface area contributed by atoms with Gasteiger partial charge in [-0.3, -0.25) is 4.79 Å². The summed E-state index contributed by atoms with van der Waals surface area (Å²) in [5, 5.41) is 6.76. The van der Waals surface area contributed by atoms with Crippen molar-refractivity contribution in [2.24, 2.45) is 0 Å². The van der Waals surface area contributed by atoms with Crippen molar-refractivity contribution in [3.05, 3.63) is 29.8 Å². The summed E-state index contributed by atoms with van der Waals surface area (Å²) in [6, 6.07) is 6.22. The molecule has 6 nitrogen and oxygen atoms in total. The Balaban J connectivity index is 1.75. The van der Waals surface area contributed by atoms with Gasteiger partial charge in [0.05, 0.1) is 4.90 Å². The highest BCUT2D eigenvalue weighted by molar-refractivity contribution is 7.89. The predicted octanol–water partition coefficient (Wildman–Crippen LogP) is 2.57. The molecular formula is C21H33N3O3S. The van der Waals surface area contributed by atoms with Gasteiger partial charge in [-0.25, -0.2) is 8.42 Å². The van der Waals surface area contributed by atoms with Crippen LogP contribution in [-0.2, 0) is 14.8 Å². The number of nitrogens with zero attached hydrogens (tertiary/aromatic N) is 1. The van der Waals surface area contributed by atoms with Crippen LogP contribution in [0.15, 0.2) is 29.2 Å². The molecule has 156 valence electrons. The lowest BCUT2D eigenvalue weighted by Gasteiger charge is -2.46. The average molecular weight is 408 g/mol. The van der Waals surface area contributed by atoms with E-state index in [1.165, 1.54) is 4.31 Å². The van der Waals surface area contributed by atoms with Crippen molar-refractivity contribution >= 4 is 15.9 Å². The molecule has 1 aromatic rings. The summed E-state index contributed by atoms with van der Waals surface area (Å²) < 4.78 is 27.6. The second-order valence-electron chi connectivity index (χ2n) is 9.59. The molecule has 1 aromatic carbocycles. The van der Waals surface area contributed by atoms with Crippen molar-refractivity contribution in [3.63, 3.8) is 0 Å². The van der Waals surface area contributed by atoms with Crippen molar-refractivity contribution in [2.75, 3.05) is 6.54 Å². The number of piperidine rings is 1. The molecule has 1 amide bonds. The van der Waals surface area contributed by atoms with Crippen LogP contribution in [0.25, 0.3) is 0 Å². The molecule has 0 bridgehead atoms. The molecule has 28 heavy (non-hydrogen) atoms. The zero-order valence-corrected chi connectivity index (χ0v) is 18.4. The molecule has 0 aliphatic carbocycles. The molecule has 1 atom stereocenters. The van der Waals surface area contributed by atoms with Gasteiger partial charge in [0, 0.05) is 23.7 Å². The summed E-state index contributed by atoms with van der Waals surface area (Å²) >= 11 is 0. The van der Waals surface area contributed by atoms with Gasteiger partial charge >= 0.3 is 0 Å². The third-order valence-electron chi connectivity index (χ3n) is 5.67. The van der Waals surface area contributed by atoms with Gasteiger partial charge in [0.2, 0.25) is 15.9 Å². The quantitative estimate of drug-likeness (QED) is 0.804. The van der Waals surface area contributed by atoms with Gasteiger partial charge in [0.1, 0.15) is 6.04 Å². The van der Waals surface area contributed by atoms with E-state index in [1.807, 2.05) is 6.92 Å². The van der Waals surface area contributed by atoms with Gasteiger partial charge in [0.25, 0.3) is 0 Å². The summed E-state index contributed by atoms with van der Waals surface area (Å²) in [4.78, 5) is 13.3. The zero-order valence-electron chi connectivity index (χ0n) is 17.6. The van der Waals surface area contributed by atoms with Gasteiger partial charge in [-0.2, -0.15) is 4.31 Å². The molecule has 2 fully saturated rings. The number of hydrogen-bond donors (Lipinski definition) is 2. The Morgan fingerprint density at radius 2 is 1.68 bits per heavy atom. The van der Waals surface area contributed by atoms with Crippen LogP contribution in [0, 0.1) is 6.92 Å². The van der Waals surface area contributed by atoms with Crippen LogP contribution in [0.4, 0.5) is 0 Å². The Kier molecular flexibility index (Phi) is 5.64. The maximum absolute atomic E-state index is 13.1. The summed E-state index contributed by atoms with van der Waals surface area (Å²) in [6.07, 6.45) is 2.90. The van der Waals surface area contributed by atoms with Crippen molar-refractivity contribution in [1.82, 2.24) is 14.9 Å². The summed E-state index contributed by atoms with van der Waals surface area (Å²) in [7, 11) is -3.68. The standard InChI is InChI=1S/C21H33N3O3S/c1-15-8-10-17(11-9-15)28(26,27)24-12-6-7-18(24)19(25)22-16-13-20(2,3)23-21(4,5)14-16/h8-11,16,18,23H,6-7,12-14H2,1-5H3,(H,22,25)/t18-/m1/s1. The van der Waals surface area contributed by atoms with E-state index >= 15 is 0 Å². The Hall–Kier alpha value is -1.44. The van der Waals surface area contributed by atoms with Crippen molar-refractivity contribution in [3.8, 4) is 0 Å². The Labute approximate surface area is 169 Å². The lowest BCUT2D eigenvalue weighted by atomic mass is 9.79. The SMILES string of the molecule is Cc1ccc(S(=O)(=O)N2CCC[C@@H]2C(=O)NC2CC(C)(C)NC(C)(C)C2)cc1. The zero-order chi connectivity index (χ0) is 20.7. The first-order valence-corrected chi connectivity index (χ1v) is 11.5. The maximum Gasteiger partial charge on any atom is 0.243 e. The summed E-state index contributed by atoms with van der Waals surface area (Å²) in [5.41, 5.74) is 0.845. The highest BCUT2D eigenvalue weighted by atomic mass is 32.2. The van der Waals surface area contributed by atoms with E-state index in [0.717, 1.165) is 18.4 Å². The minimum absolute atomic E-state index is 0.0308. The Bertz CT molecular complexity index is 815. The van der Waals surface area contributed by atoms with Crippen LogP contribution in [0.2, 0.25) is 0 Å². The highest BCUT2D eigenvalue weighted by Gasteiger charge is 2.42. The van der Waals surface area contributed by atoms with Crippen LogP contribution >= 0.6 is 0 Å². The third-order valence-corrected chi connectivity index (χ3v) is 7.59. The Morgan fingerprint density at radius 3 is 2.25 bits per heavy atom. The first-order chi connectivity index (χ1) is 12.9. The number of nitrogens with one attached hydrogen (secondary N) is 2. The average Bonchev–Trinajstić information content (AvgIpc) is 3.02. The van der Waals surface area contributed by atoms with Crippen molar-refractivity contribution in [1.29, 1.82) is 0 Å². The number of sulfonamides is 1. The molecule has 2 aliphatic rings. The van der Waals surface area contributed by atoms with E-state index in [-0.39, 0.29) is 27.9 Å². The molecule has 0 saturated carbocycles. The molecular weight excluding hydrogens is 374 g/mol. The number of carbonyl (C=O) groups excluding carboxylic acids is 1. The van der Waals surface area contributed by atoms with E-state index in [9.17, 15) is 13.2 Å². The predicted molar refractivity (Wildman–Crippen MR) is 111 cm³/mol. The van der Waals surface area contributed by atoms with Crippen LogP contribution in [-0.4, -0.2) is 48.3 Å². The molecule has 0 unspecified atom stereocenters. The number of rotatable bonds is 4. The number of aryl methyl sites for hydroxylation is 1. The lowest BCUT2D eigenvalue weighted by Crippen LogP contribution is -2.63. The molecule has 0 spiro atoms. The van der Waals surface area contributed by atoms with E-state index < -0.39 is 16.1 Å². The fourth-order valence-corrected chi connectivity index (χ4v) is 6.51. The molecule has 3 rings (SSSR count). The van der Waals surface area contributed by atoms with Crippen molar-refractivity contribution in [2.45, 2.75) is 88.4 Å². The van der Waals surface area contributed by atoms with Crippen LogP contribution < -0.4 is 10.6 Å². The second kappa shape index (κ2) is 7.43. The maximum atomic E-state index is 13.1. The summed E-state index contributed by atoms with van der Waals surface area (Å²) in [5.74, 6) is -0.174. The largest absolute Gasteiger partial charge is 0.352 e. The molecule has 2 aliphatic heterocycles. The van der Waals surface area contributed by atoms with Gasteiger partial charge in [-0.15, -0.1) is 0 Å². The first kappa shape index (κ1) is 21.3. The monoisotopic (exact) mass is 407 g/mol. The minimum Gasteiger partial charge on any atom is -0.352 e. The fourth-order valence-electron chi connectivity index (χ4n) is 4.86. The fraction of sp³-hybridized carbons (Fsp3) is 0.667. The number of carbonyl (C=O) groups is 1. The normalized spacial score (nSPS) is 25.5. The first-order valence-electron chi connectivity index (χ1n) is 10.1. The molecule has 0 aromatic heterocycles. The molecule has 2 N–H and O–H groups in total. The van der Waals surface area contributed by atoms with Crippen LogP contribution in [0.3, 0.4) is 0 Å². The molecule has 0 radical (unpaired) electrons.